The molecule has 0 saturated carbocycles. The molecule has 148 valence electrons. The lowest BCUT2D eigenvalue weighted by molar-refractivity contribution is -0.136. The lowest BCUT2D eigenvalue weighted by Gasteiger charge is -2.12. The zero-order valence-electron chi connectivity index (χ0n) is 16.1. The Bertz CT molecular complexity index is 1050. The molecule has 0 bridgehead atoms. The molecule has 2 N–H and O–H groups in total. The van der Waals surface area contributed by atoms with E-state index >= 15 is 0 Å². The highest BCUT2D eigenvalue weighted by molar-refractivity contribution is 6.39. The monoisotopic (exact) mass is 392 g/mol. The van der Waals surface area contributed by atoms with Crippen LogP contribution in [-0.2, 0) is 20.8 Å². The maximum absolute atomic E-state index is 12.3. The van der Waals surface area contributed by atoms with Crippen LogP contribution in [0.15, 0.2) is 58.5 Å². The molecular formula is C20H20N6O3. The van der Waals surface area contributed by atoms with Crippen molar-refractivity contribution in [2.75, 3.05) is 11.9 Å². The van der Waals surface area contributed by atoms with E-state index in [9.17, 15) is 14.4 Å². The molecule has 0 fully saturated rings. The number of hydrogen-bond acceptors (Lipinski definition) is 5. The SMILES string of the molecule is C=C1C(=O)N=C(n2nc(C)cc2NC(=O)C(=O)NCCc2ccccc2)N=C1C. The van der Waals surface area contributed by atoms with E-state index in [0.29, 0.717) is 24.4 Å². The van der Waals surface area contributed by atoms with Gasteiger partial charge in [-0.25, -0.2) is 4.99 Å². The predicted molar refractivity (Wildman–Crippen MR) is 109 cm³/mol. The molecule has 9 heteroatoms. The minimum absolute atomic E-state index is 0.00668. The molecule has 0 unspecified atom stereocenters. The number of benzene rings is 1. The number of aliphatic imine (C=N–C) groups is 2. The van der Waals surface area contributed by atoms with Crippen molar-refractivity contribution in [3.63, 3.8) is 0 Å². The smallest absolute Gasteiger partial charge is 0.314 e. The molecule has 1 aliphatic heterocycles. The summed E-state index contributed by atoms with van der Waals surface area (Å²) in [6.07, 6.45) is 0.605. The molecule has 0 aliphatic carbocycles. The highest BCUT2D eigenvalue weighted by Gasteiger charge is 2.22. The Hall–Kier alpha value is -3.88. The van der Waals surface area contributed by atoms with Crippen LogP contribution in [0.5, 0.6) is 0 Å². The van der Waals surface area contributed by atoms with Crippen molar-refractivity contribution in [2.45, 2.75) is 20.3 Å². The van der Waals surface area contributed by atoms with Crippen LogP contribution in [0, 0.1) is 6.92 Å². The van der Waals surface area contributed by atoms with Gasteiger partial charge in [-0.05, 0) is 25.8 Å². The van der Waals surface area contributed by atoms with Gasteiger partial charge in [0.25, 0.3) is 11.9 Å². The Morgan fingerprint density at radius 2 is 1.83 bits per heavy atom. The van der Waals surface area contributed by atoms with Crippen LogP contribution in [-0.4, -0.2) is 45.7 Å². The zero-order chi connectivity index (χ0) is 21.0. The van der Waals surface area contributed by atoms with Gasteiger partial charge >= 0.3 is 11.8 Å². The van der Waals surface area contributed by atoms with Crippen molar-refractivity contribution in [1.82, 2.24) is 15.1 Å². The number of nitrogens with zero attached hydrogens (tertiary/aromatic N) is 4. The summed E-state index contributed by atoms with van der Waals surface area (Å²) < 4.78 is 1.21. The highest BCUT2D eigenvalue weighted by atomic mass is 16.2. The minimum atomic E-state index is -0.855. The van der Waals surface area contributed by atoms with Crippen molar-refractivity contribution in [1.29, 1.82) is 0 Å². The first-order valence-corrected chi connectivity index (χ1v) is 8.93. The van der Waals surface area contributed by atoms with Gasteiger partial charge in [0, 0.05) is 12.6 Å². The average Bonchev–Trinajstić information content (AvgIpc) is 3.06. The Labute approximate surface area is 167 Å². The number of anilines is 1. The van der Waals surface area contributed by atoms with E-state index in [1.54, 1.807) is 19.9 Å². The van der Waals surface area contributed by atoms with E-state index in [0.717, 1.165) is 5.56 Å². The average molecular weight is 392 g/mol. The maximum Gasteiger partial charge on any atom is 0.314 e. The summed E-state index contributed by atoms with van der Waals surface area (Å²) in [5.41, 5.74) is 2.21. The Morgan fingerprint density at radius 1 is 1.10 bits per heavy atom. The molecule has 3 amide bonds. The van der Waals surface area contributed by atoms with Crippen LogP contribution < -0.4 is 10.6 Å². The van der Waals surface area contributed by atoms with Crippen LogP contribution in [0.1, 0.15) is 18.2 Å². The quantitative estimate of drug-likeness (QED) is 0.601. The third-order valence-corrected chi connectivity index (χ3v) is 4.18. The van der Waals surface area contributed by atoms with Crippen LogP contribution in [0.2, 0.25) is 0 Å². The Morgan fingerprint density at radius 3 is 2.52 bits per heavy atom. The number of rotatable bonds is 4. The Kier molecular flexibility index (Phi) is 5.77. The van der Waals surface area contributed by atoms with E-state index in [-0.39, 0.29) is 17.4 Å². The van der Waals surface area contributed by atoms with Gasteiger partial charge in [-0.2, -0.15) is 14.8 Å². The zero-order valence-corrected chi connectivity index (χ0v) is 16.1. The molecule has 0 spiro atoms. The van der Waals surface area contributed by atoms with Crippen LogP contribution in [0.25, 0.3) is 0 Å². The van der Waals surface area contributed by atoms with Crippen molar-refractivity contribution in [3.05, 3.63) is 59.8 Å². The van der Waals surface area contributed by atoms with E-state index in [2.05, 4.69) is 32.3 Å². The number of nitrogens with one attached hydrogen (secondary N) is 2. The Balaban J connectivity index is 1.67. The summed E-state index contributed by atoms with van der Waals surface area (Å²) in [7, 11) is 0. The van der Waals surface area contributed by atoms with Gasteiger partial charge in [-0.3, -0.25) is 14.4 Å². The molecule has 1 aromatic carbocycles. The largest absolute Gasteiger partial charge is 0.347 e. The van der Waals surface area contributed by atoms with Crippen molar-refractivity contribution in [3.8, 4) is 0 Å². The molecule has 9 nitrogen and oxygen atoms in total. The van der Waals surface area contributed by atoms with Gasteiger partial charge in [0.15, 0.2) is 0 Å². The van der Waals surface area contributed by atoms with E-state index in [1.807, 2.05) is 30.3 Å². The summed E-state index contributed by atoms with van der Waals surface area (Å²) >= 11 is 0. The number of carbonyl (C=O) groups excluding carboxylic acids is 3. The first kappa shape index (κ1) is 19.9. The standard InChI is InChI=1S/C20H20N6O3/c1-12-11-16(26(25-12)20-22-14(3)13(2)17(27)24-20)23-19(29)18(28)21-10-9-15-7-5-4-6-8-15/h4-8,11H,2,9-10H2,1,3H3,(H,21,28)(H,23,29). The maximum atomic E-state index is 12.3. The summed E-state index contributed by atoms with van der Waals surface area (Å²) in [5.74, 6) is -1.99. The third kappa shape index (κ3) is 4.70. The van der Waals surface area contributed by atoms with Gasteiger partial charge < -0.3 is 10.6 Å². The van der Waals surface area contributed by atoms with Gasteiger partial charge in [0.05, 0.1) is 17.0 Å². The molecule has 3 rings (SSSR count). The minimum Gasteiger partial charge on any atom is -0.347 e. The van der Waals surface area contributed by atoms with Crippen LogP contribution >= 0.6 is 0 Å². The normalized spacial score (nSPS) is 13.6. The first-order chi connectivity index (χ1) is 13.8. The second kappa shape index (κ2) is 8.42. The van der Waals surface area contributed by atoms with E-state index < -0.39 is 17.7 Å². The molecule has 0 radical (unpaired) electrons. The highest BCUT2D eigenvalue weighted by Crippen LogP contribution is 2.14. The number of carbonyl (C=O) groups is 3. The summed E-state index contributed by atoms with van der Waals surface area (Å²) in [6.45, 7) is 7.26. The van der Waals surface area contributed by atoms with Gasteiger partial charge in [0.2, 0.25) is 0 Å². The summed E-state index contributed by atoms with van der Waals surface area (Å²) in [6, 6.07) is 11.2. The third-order valence-electron chi connectivity index (χ3n) is 4.18. The van der Waals surface area contributed by atoms with Crippen LogP contribution in [0.4, 0.5) is 5.82 Å². The fourth-order valence-electron chi connectivity index (χ4n) is 2.61. The van der Waals surface area contributed by atoms with E-state index in [1.165, 1.54) is 4.68 Å². The topological polar surface area (TPSA) is 118 Å². The van der Waals surface area contributed by atoms with Crippen molar-refractivity contribution >= 4 is 35.2 Å². The molecule has 29 heavy (non-hydrogen) atoms. The van der Waals surface area contributed by atoms with E-state index in [4.69, 9.17) is 0 Å². The number of aryl methyl sites for hydroxylation is 1. The number of amides is 3. The van der Waals surface area contributed by atoms with Crippen molar-refractivity contribution in [2.24, 2.45) is 9.98 Å². The number of hydrogen-bond donors (Lipinski definition) is 2. The molecular weight excluding hydrogens is 372 g/mol. The molecule has 2 aromatic rings. The van der Waals surface area contributed by atoms with Gasteiger partial charge in [-0.15, -0.1) is 0 Å². The molecule has 0 atom stereocenters. The van der Waals surface area contributed by atoms with Gasteiger partial charge in [0.1, 0.15) is 5.82 Å². The lowest BCUT2D eigenvalue weighted by atomic mass is 10.1. The fraction of sp³-hybridized carbons (Fsp3) is 0.200. The number of aromatic nitrogens is 2. The first-order valence-electron chi connectivity index (χ1n) is 8.93. The summed E-state index contributed by atoms with van der Waals surface area (Å²) in [4.78, 5) is 44.3. The lowest BCUT2D eigenvalue weighted by Crippen LogP contribution is -2.37. The second-order valence-electron chi connectivity index (χ2n) is 6.42. The molecule has 0 saturated heterocycles. The molecule has 2 heterocycles. The molecule has 1 aliphatic rings. The summed E-state index contributed by atoms with van der Waals surface area (Å²) in [5, 5.41) is 9.25. The van der Waals surface area contributed by atoms with Gasteiger partial charge in [-0.1, -0.05) is 36.9 Å². The molecule has 1 aromatic heterocycles. The van der Waals surface area contributed by atoms with Crippen LogP contribution in [0.3, 0.4) is 0 Å². The predicted octanol–water partition coefficient (Wildman–Crippen LogP) is 1.25. The van der Waals surface area contributed by atoms with Crippen molar-refractivity contribution < 1.29 is 14.4 Å². The fourth-order valence-corrected chi connectivity index (χ4v) is 2.61. The second-order valence-corrected chi connectivity index (χ2v) is 6.42.